The van der Waals surface area contributed by atoms with Crippen molar-refractivity contribution in [1.29, 1.82) is 0 Å². The molecule has 0 spiro atoms. The summed E-state index contributed by atoms with van der Waals surface area (Å²) in [5.74, 6) is 1.03. The van der Waals surface area contributed by atoms with Crippen LogP contribution in [-0.4, -0.2) is 12.0 Å². The highest BCUT2D eigenvalue weighted by molar-refractivity contribution is 5.85. The zero-order chi connectivity index (χ0) is 20.4. The Balaban J connectivity index is 1.98. The van der Waals surface area contributed by atoms with Gasteiger partial charge in [0.15, 0.2) is 0 Å². The first-order chi connectivity index (χ1) is 13.4. The summed E-state index contributed by atoms with van der Waals surface area (Å²) >= 11 is 0. The van der Waals surface area contributed by atoms with E-state index >= 15 is 0 Å². The van der Waals surface area contributed by atoms with Gasteiger partial charge in [0.1, 0.15) is 23.7 Å². The van der Waals surface area contributed by atoms with E-state index < -0.39 is 4.92 Å². The molecule has 0 radical (unpaired) electrons. The summed E-state index contributed by atoms with van der Waals surface area (Å²) in [6.45, 7) is 5.72. The van der Waals surface area contributed by atoms with Crippen molar-refractivity contribution >= 4 is 16.7 Å². The third-order valence-corrected chi connectivity index (χ3v) is 4.87. The minimum atomic E-state index is -0.465. The molecule has 146 valence electrons. The van der Waals surface area contributed by atoms with Crippen LogP contribution in [0.15, 0.2) is 39.5 Å². The number of ether oxygens (including phenoxy) is 2. The second-order valence-electron chi connectivity index (χ2n) is 6.45. The highest BCUT2D eigenvalue weighted by Gasteiger charge is 2.16. The molecule has 0 saturated heterocycles. The van der Waals surface area contributed by atoms with E-state index in [9.17, 15) is 14.9 Å². The van der Waals surface area contributed by atoms with Crippen LogP contribution in [-0.2, 0) is 13.0 Å². The van der Waals surface area contributed by atoms with Crippen molar-refractivity contribution in [3.8, 4) is 11.5 Å². The van der Waals surface area contributed by atoms with Crippen LogP contribution < -0.4 is 15.1 Å². The van der Waals surface area contributed by atoms with Gasteiger partial charge in [0, 0.05) is 34.2 Å². The van der Waals surface area contributed by atoms with E-state index in [1.807, 2.05) is 32.9 Å². The Kier molecular flexibility index (Phi) is 5.35. The summed E-state index contributed by atoms with van der Waals surface area (Å²) in [4.78, 5) is 22.8. The van der Waals surface area contributed by atoms with Crippen LogP contribution in [0.25, 0.3) is 11.0 Å². The van der Waals surface area contributed by atoms with Gasteiger partial charge in [-0.1, -0.05) is 6.92 Å². The maximum Gasteiger partial charge on any atom is 0.339 e. The Morgan fingerprint density at radius 2 is 1.82 bits per heavy atom. The smallest absolute Gasteiger partial charge is 0.339 e. The molecule has 0 N–H and O–H groups in total. The van der Waals surface area contributed by atoms with Gasteiger partial charge in [-0.15, -0.1) is 0 Å². The number of aryl methyl sites for hydroxylation is 2. The maximum absolute atomic E-state index is 12.2. The predicted molar refractivity (Wildman–Crippen MR) is 105 cm³/mol. The van der Waals surface area contributed by atoms with Crippen LogP contribution >= 0.6 is 0 Å². The van der Waals surface area contributed by atoms with Crippen molar-refractivity contribution in [2.24, 2.45) is 0 Å². The SMILES string of the molecule is CCc1c(C)c2ccc(OCc3cc([N+](=O)[O-])ccc3OC)c(C)c2oc1=O. The van der Waals surface area contributed by atoms with Crippen molar-refractivity contribution < 1.29 is 18.8 Å². The normalized spacial score (nSPS) is 10.9. The van der Waals surface area contributed by atoms with Gasteiger partial charge < -0.3 is 13.9 Å². The van der Waals surface area contributed by atoms with Crippen molar-refractivity contribution in [3.05, 3.63) is 73.1 Å². The fraction of sp³-hybridized carbons (Fsp3) is 0.286. The van der Waals surface area contributed by atoms with E-state index in [4.69, 9.17) is 13.9 Å². The first kappa shape index (κ1) is 19.4. The molecule has 0 atom stereocenters. The van der Waals surface area contributed by atoms with Gasteiger partial charge in [0.05, 0.1) is 12.0 Å². The van der Waals surface area contributed by atoms with Gasteiger partial charge in [-0.2, -0.15) is 0 Å². The molecule has 28 heavy (non-hydrogen) atoms. The molecule has 2 aromatic carbocycles. The van der Waals surface area contributed by atoms with Gasteiger partial charge in [0.2, 0.25) is 0 Å². The number of benzene rings is 2. The summed E-state index contributed by atoms with van der Waals surface area (Å²) in [7, 11) is 1.49. The van der Waals surface area contributed by atoms with Gasteiger partial charge in [-0.25, -0.2) is 4.79 Å². The minimum Gasteiger partial charge on any atom is -0.496 e. The van der Waals surface area contributed by atoms with Gasteiger partial charge in [-0.3, -0.25) is 10.1 Å². The van der Waals surface area contributed by atoms with Crippen LogP contribution in [0.5, 0.6) is 11.5 Å². The summed E-state index contributed by atoms with van der Waals surface area (Å²) in [5, 5.41) is 11.9. The topological polar surface area (TPSA) is 91.8 Å². The number of hydrogen-bond acceptors (Lipinski definition) is 6. The van der Waals surface area contributed by atoms with Crippen molar-refractivity contribution in [1.82, 2.24) is 0 Å². The van der Waals surface area contributed by atoms with E-state index in [0.717, 1.165) is 10.9 Å². The average Bonchev–Trinajstić information content (AvgIpc) is 2.68. The quantitative estimate of drug-likeness (QED) is 0.354. The number of nitro groups is 1. The molecule has 3 aromatic rings. The molecule has 1 heterocycles. The van der Waals surface area contributed by atoms with Crippen molar-refractivity contribution in [2.45, 2.75) is 33.8 Å². The number of hydrogen-bond donors (Lipinski definition) is 0. The molecule has 7 nitrogen and oxygen atoms in total. The number of methoxy groups -OCH3 is 1. The van der Waals surface area contributed by atoms with Gasteiger partial charge in [-0.05, 0) is 44.0 Å². The summed E-state index contributed by atoms with van der Waals surface area (Å²) < 4.78 is 16.7. The van der Waals surface area contributed by atoms with E-state index in [-0.39, 0.29) is 17.9 Å². The van der Waals surface area contributed by atoms with E-state index in [0.29, 0.717) is 40.2 Å². The Bertz CT molecular complexity index is 1120. The second kappa shape index (κ2) is 7.72. The molecule has 3 rings (SSSR count). The molecule has 7 heteroatoms. The summed E-state index contributed by atoms with van der Waals surface area (Å²) in [5.41, 5.74) is 2.94. The maximum atomic E-state index is 12.2. The highest BCUT2D eigenvalue weighted by Crippen LogP contribution is 2.31. The lowest BCUT2D eigenvalue weighted by molar-refractivity contribution is -0.385. The van der Waals surface area contributed by atoms with Crippen molar-refractivity contribution in [3.63, 3.8) is 0 Å². The Labute approximate surface area is 161 Å². The third kappa shape index (κ3) is 3.43. The molecular weight excluding hydrogens is 362 g/mol. The highest BCUT2D eigenvalue weighted by atomic mass is 16.6. The third-order valence-electron chi connectivity index (χ3n) is 4.87. The molecule has 0 bridgehead atoms. The van der Waals surface area contributed by atoms with Crippen LogP contribution in [0.3, 0.4) is 0 Å². The zero-order valence-electron chi connectivity index (χ0n) is 16.2. The lowest BCUT2D eigenvalue weighted by Crippen LogP contribution is -2.10. The van der Waals surface area contributed by atoms with Gasteiger partial charge >= 0.3 is 5.63 Å². The minimum absolute atomic E-state index is 0.0386. The second-order valence-corrected chi connectivity index (χ2v) is 6.45. The number of nitrogens with zero attached hydrogens (tertiary/aromatic N) is 1. The molecule has 0 amide bonds. The first-order valence-electron chi connectivity index (χ1n) is 8.87. The van der Waals surface area contributed by atoms with Crippen LogP contribution in [0.2, 0.25) is 0 Å². The van der Waals surface area contributed by atoms with E-state index in [1.165, 1.54) is 19.2 Å². The molecule has 0 aliphatic heterocycles. The van der Waals surface area contributed by atoms with Crippen LogP contribution in [0.1, 0.15) is 29.2 Å². The van der Waals surface area contributed by atoms with E-state index in [1.54, 1.807) is 6.07 Å². The zero-order valence-corrected chi connectivity index (χ0v) is 16.2. The number of non-ortho nitro benzene ring substituents is 1. The largest absolute Gasteiger partial charge is 0.496 e. The average molecular weight is 383 g/mol. The Hall–Kier alpha value is -3.35. The monoisotopic (exact) mass is 383 g/mol. The van der Waals surface area contributed by atoms with Crippen LogP contribution in [0.4, 0.5) is 5.69 Å². The molecule has 0 unspecified atom stereocenters. The number of nitro benzene ring substituents is 1. The lowest BCUT2D eigenvalue weighted by Gasteiger charge is -2.14. The van der Waals surface area contributed by atoms with Crippen LogP contribution in [0, 0.1) is 24.0 Å². The first-order valence-corrected chi connectivity index (χ1v) is 8.87. The van der Waals surface area contributed by atoms with E-state index in [2.05, 4.69) is 0 Å². The molecule has 0 saturated carbocycles. The fourth-order valence-corrected chi connectivity index (χ4v) is 3.28. The Morgan fingerprint density at radius 3 is 2.46 bits per heavy atom. The summed E-state index contributed by atoms with van der Waals surface area (Å²) in [6.07, 6.45) is 0.605. The standard InChI is InChI=1S/C21H21NO6/c1-5-16-12(2)17-7-9-18(13(3)20(17)28-21(16)23)27-11-14-10-15(22(24)25)6-8-19(14)26-4/h6-10H,5,11H2,1-4H3. The fourth-order valence-electron chi connectivity index (χ4n) is 3.28. The molecular formula is C21H21NO6. The van der Waals surface area contributed by atoms with Gasteiger partial charge in [0.25, 0.3) is 5.69 Å². The Morgan fingerprint density at radius 1 is 1.11 bits per heavy atom. The molecule has 0 aliphatic carbocycles. The molecule has 1 aromatic heterocycles. The molecule has 0 aliphatic rings. The number of rotatable bonds is 6. The summed E-state index contributed by atoms with van der Waals surface area (Å²) in [6, 6.07) is 8.02. The number of fused-ring (bicyclic) bond motifs is 1. The lowest BCUT2D eigenvalue weighted by atomic mass is 10.0. The molecule has 0 fully saturated rings. The predicted octanol–water partition coefficient (Wildman–Crippen LogP) is 4.47. The van der Waals surface area contributed by atoms with Crippen molar-refractivity contribution in [2.75, 3.05) is 7.11 Å².